The number of fused-ring (bicyclic) bond motifs is 1. The summed E-state index contributed by atoms with van der Waals surface area (Å²) in [5.41, 5.74) is 1.63. The molecular formula is C15H13N3OS. The SMILES string of the molecule is O=c1nc(SCCc2ccccc2)nc2ccccn12. The third-order valence-electron chi connectivity index (χ3n) is 2.91. The van der Waals surface area contributed by atoms with E-state index in [1.807, 2.05) is 30.3 Å². The molecule has 0 bridgehead atoms. The Hall–Kier alpha value is -2.14. The first-order valence-corrected chi connectivity index (χ1v) is 7.34. The highest BCUT2D eigenvalue weighted by Crippen LogP contribution is 2.14. The maximum atomic E-state index is 11.8. The largest absolute Gasteiger partial charge is 0.355 e. The molecule has 0 spiro atoms. The molecule has 0 atom stereocenters. The normalized spacial score (nSPS) is 10.8. The highest BCUT2D eigenvalue weighted by Gasteiger charge is 2.03. The molecule has 2 heterocycles. The van der Waals surface area contributed by atoms with Gasteiger partial charge in [-0.15, -0.1) is 0 Å². The molecule has 0 fully saturated rings. The third kappa shape index (κ3) is 2.88. The second-order valence-corrected chi connectivity index (χ2v) is 5.36. The predicted octanol–water partition coefficient (Wildman–Crippen LogP) is 2.42. The number of pyridine rings is 1. The fourth-order valence-corrected chi connectivity index (χ4v) is 2.74. The topological polar surface area (TPSA) is 47.3 Å². The Kier molecular flexibility index (Phi) is 3.78. The minimum Gasteiger partial charge on any atom is -0.251 e. The number of thioether (sulfide) groups is 1. The average molecular weight is 283 g/mol. The van der Waals surface area contributed by atoms with Crippen LogP contribution in [0.3, 0.4) is 0 Å². The fourth-order valence-electron chi connectivity index (χ4n) is 1.92. The van der Waals surface area contributed by atoms with Gasteiger partial charge in [-0.05, 0) is 24.1 Å². The van der Waals surface area contributed by atoms with E-state index in [2.05, 4.69) is 22.1 Å². The molecule has 4 nitrogen and oxygen atoms in total. The van der Waals surface area contributed by atoms with E-state index in [4.69, 9.17) is 0 Å². The molecule has 0 aliphatic heterocycles. The van der Waals surface area contributed by atoms with E-state index in [1.54, 1.807) is 12.3 Å². The second-order valence-electron chi connectivity index (χ2n) is 4.30. The molecule has 0 N–H and O–H groups in total. The summed E-state index contributed by atoms with van der Waals surface area (Å²) < 4.78 is 1.45. The van der Waals surface area contributed by atoms with Crippen LogP contribution in [0.4, 0.5) is 0 Å². The monoisotopic (exact) mass is 283 g/mol. The smallest absolute Gasteiger partial charge is 0.251 e. The van der Waals surface area contributed by atoms with Crippen molar-refractivity contribution < 1.29 is 0 Å². The number of nitrogens with zero attached hydrogens (tertiary/aromatic N) is 3. The molecule has 3 aromatic rings. The molecule has 2 aromatic heterocycles. The number of aryl methyl sites for hydroxylation is 1. The van der Waals surface area contributed by atoms with Crippen LogP contribution < -0.4 is 5.69 Å². The number of aromatic nitrogens is 3. The van der Waals surface area contributed by atoms with Crippen molar-refractivity contribution >= 4 is 17.4 Å². The zero-order valence-electron chi connectivity index (χ0n) is 10.8. The van der Waals surface area contributed by atoms with E-state index in [9.17, 15) is 4.79 Å². The minimum atomic E-state index is -0.280. The molecule has 0 saturated carbocycles. The molecule has 0 aliphatic carbocycles. The molecule has 0 aliphatic rings. The van der Waals surface area contributed by atoms with Crippen molar-refractivity contribution in [1.29, 1.82) is 0 Å². The summed E-state index contributed by atoms with van der Waals surface area (Å²) in [6.45, 7) is 0. The van der Waals surface area contributed by atoms with Crippen molar-refractivity contribution in [2.45, 2.75) is 11.6 Å². The lowest BCUT2D eigenvalue weighted by molar-refractivity contribution is 0.846. The van der Waals surface area contributed by atoms with Crippen LogP contribution >= 0.6 is 11.8 Å². The molecule has 3 rings (SSSR count). The molecule has 0 radical (unpaired) electrons. The summed E-state index contributed by atoms with van der Waals surface area (Å²) in [6, 6.07) is 15.7. The predicted molar refractivity (Wildman–Crippen MR) is 80.1 cm³/mol. The molecule has 5 heteroatoms. The molecule has 0 amide bonds. The number of hydrogen-bond donors (Lipinski definition) is 0. The van der Waals surface area contributed by atoms with Gasteiger partial charge < -0.3 is 0 Å². The molecule has 0 saturated heterocycles. The van der Waals surface area contributed by atoms with Crippen LogP contribution in [-0.4, -0.2) is 20.1 Å². The minimum absolute atomic E-state index is 0.280. The van der Waals surface area contributed by atoms with Crippen LogP contribution in [-0.2, 0) is 6.42 Å². The lowest BCUT2D eigenvalue weighted by atomic mass is 10.2. The standard InChI is InChI=1S/C15H13N3OS/c19-15-17-14(16-13-8-4-5-10-18(13)15)20-11-9-12-6-2-1-3-7-12/h1-8,10H,9,11H2. The second kappa shape index (κ2) is 5.88. The zero-order valence-corrected chi connectivity index (χ0v) is 11.6. The van der Waals surface area contributed by atoms with Crippen LogP contribution in [0.5, 0.6) is 0 Å². The Bertz CT molecular complexity index is 771. The Morgan fingerprint density at radius 2 is 1.80 bits per heavy atom. The number of benzene rings is 1. The van der Waals surface area contributed by atoms with Gasteiger partial charge in [-0.2, -0.15) is 4.98 Å². The van der Waals surface area contributed by atoms with Crippen molar-refractivity contribution in [3.8, 4) is 0 Å². The van der Waals surface area contributed by atoms with Gasteiger partial charge in [0.2, 0.25) is 0 Å². The van der Waals surface area contributed by atoms with Crippen LogP contribution in [0.25, 0.3) is 5.65 Å². The van der Waals surface area contributed by atoms with Gasteiger partial charge in [-0.25, -0.2) is 9.78 Å². The Morgan fingerprint density at radius 3 is 2.65 bits per heavy atom. The first kappa shape index (κ1) is 12.9. The zero-order chi connectivity index (χ0) is 13.8. The maximum absolute atomic E-state index is 11.8. The summed E-state index contributed by atoms with van der Waals surface area (Å²) in [5.74, 6) is 0.854. The third-order valence-corrected chi connectivity index (χ3v) is 3.76. The Morgan fingerprint density at radius 1 is 1.00 bits per heavy atom. The van der Waals surface area contributed by atoms with Crippen LogP contribution in [0.1, 0.15) is 5.56 Å². The molecule has 0 unspecified atom stereocenters. The van der Waals surface area contributed by atoms with Crippen molar-refractivity contribution in [1.82, 2.24) is 14.4 Å². The summed E-state index contributed by atoms with van der Waals surface area (Å²) in [4.78, 5) is 20.2. The van der Waals surface area contributed by atoms with Gasteiger partial charge in [0.25, 0.3) is 0 Å². The van der Waals surface area contributed by atoms with Gasteiger partial charge in [-0.3, -0.25) is 4.40 Å². The van der Waals surface area contributed by atoms with E-state index in [0.29, 0.717) is 10.8 Å². The van der Waals surface area contributed by atoms with Crippen molar-refractivity contribution in [2.75, 3.05) is 5.75 Å². The van der Waals surface area contributed by atoms with Crippen LogP contribution in [0, 0.1) is 0 Å². The maximum Gasteiger partial charge on any atom is 0.355 e. The van der Waals surface area contributed by atoms with E-state index >= 15 is 0 Å². The Balaban J connectivity index is 1.73. The molecular weight excluding hydrogens is 270 g/mol. The van der Waals surface area contributed by atoms with Gasteiger partial charge in [0.1, 0.15) is 5.65 Å². The lowest BCUT2D eigenvalue weighted by Gasteiger charge is -2.03. The van der Waals surface area contributed by atoms with Gasteiger partial charge in [-0.1, -0.05) is 48.2 Å². The van der Waals surface area contributed by atoms with E-state index < -0.39 is 0 Å². The van der Waals surface area contributed by atoms with Crippen molar-refractivity contribution in [2.24, 2.45) is 0 Å². The van der Waals surface area contributed by atoms with Crippen molar-refractivity contribution in [3.63, 3.8) is 0 Å². The fraction of sp³-hybridized carbons (Fsp3) is 0.133. The first-order valence-electron chi connectivity index (χ1n) is 6.35. The first-order chi connectivity index (χ1) is 9.83. The highest BCUT2D eigenvalue weighted by molar-refractivity contribution is 7.99. The number of hydrogen-bond acceptors (Lipinski definition) is 4. The Labute approximate surface area is 120 Å². The summed E-state index contributed by atoms with van der Waals surface area (Å²) in [5, 5.41) is 0.539. The molecule has 100 valence electrons. The van der Waals surface area contributed by atoms with E-state index in [0.717, 1.165) is 12.2 Å². The van der Waals surface area contributed by atoms with Crippen LogP contribution in [0.15, 0.2) is 64.7 Å². The number of rotatable bonds is 4. The van der Waals surface area contributed by atoms with Gasteiger partial charge in [0.15, 0.2) is 5.16 Å². The van der Waals surface area contributed by atoms with E-state index in [-0.39, 0.29) is 5.69 Å². The van der Waals surface area contributed by atoms with Gasteiger partial charge in [0, 0.05) is 11.9 Å². The van der Waals surface area contributed by atoms with Gasteiger partial charge >= 0.3 is 5.69 Å². The lowest BCUT2D eigenvalue weighted by Crippen LogP contribution is -2.18. The molecule has 20 heavy (non-hydrogen) atoms. The molecule has 1 aromatic carbocycles. The van der Waals surface area contributed by atoms with Crippen molar-refractivity contribution in [3.05, 3.63) is 70.8 Å². The summed E-state index contributed by atoms with van der Waals surface area (Å²) in [7, 11) is 0. The average Bonchev–Trinajstić information content (AvgIpc) is 2.48. The summed E-state index contributed by atoms with van der Waals surface area (Å²) in [6.07, 6.45) is 2.61. The quantitative estimate of drug-likeness (QED) is 0.690. The van der Waals surface area contributed by atoms with Gasteiger partial charge in [0.05, 0.1) is 0 Å². The van der Waals surface area contributed by atoms with Crippen LogP contribution in [0.2, 0.25) is 0 Å². The van der Waals surface area contributed by atoms with E-state index in [1.165, 1.54) is 21.7 Å². The highest BCUT2D eigenvalue weighted by atomic mass is 32.2. The summed E-state index contributed by atoms with van der Waals surface area (Å²) >= 11 is 1.51.